The molecule has 3 aromatic carbocycles. The Hall–Kier alpha value is -4.18. The van der Waals surface area contributed by atoms with Crippen LogP contribution in [0.15, 0.2) is 84.0 Å². The van der Waals surface area contributed by atoms with Gasteiger partial charge in [-0.3, -0.25) is 5.32 Å². The van der Waals surface area contributed by atoms with Crippen molar-refractivity contribution < 1.29 is 19.1 Å². The van der Waals surface area contributed by atoms with Crippen molar-refractivity contribution in [2.45, 2.75) is 5.37 Å². The van der Waals surface area contributed by atoms with Gasteiger partial charge in [0.1, 0.15) is 5.37 Å². The molecule has 4 rings (SSSR count). The van der Waals surface area contributed by atoms with E-state index in [1.807, 2.05) is 42.5 Å². The van der Waals surface area contributed by atoms with E-state index in [1.54, 1.807) is 50.6 Å². The lowest BCUT2D eigenvalue weighted by atomic mass is 10.2. The molecule has 0 saturated heterocycles. The van der Waals surface area contributed by atoms with Crippen LogP contribution >= 0.6 is 11.8 Å². The Balaban J connectivity index is 1.56. The van der Waals surface area contributed by atoms with Crippen LogP contribution in [0.4, 0.5) is 21.0 Å². The first-order valence-corrected chi connectivity index (χ1v) is 11.2. The van der Waals surface area contributed by atoms with Gasteiger partial charge < -0.3 is 20.1 Å². The molecule has 0 aromatic heterocycles. The van der Waals surface area contributed by atoms with E-state index in [-0.39, 0.29) is 5.17 Å². The summed E-state index contributed by atoms with van der Waals surface area (Å²) in [5, 5.41) is 13.7. The summed E-state index contributed by atoms with van der Waals surface area (Å²) in [4.78, 5) is 25.6. The minimum atomic E-state index is -0.546. The van der Waals surface area contributed by atoms with Crippen LogP contribution in [0, 0.1) is 0 Å². The Morgan fingerprint density at radius 2 is 1.44 bits per heavy atom. The van der Waals surface area contributed by atoms with E-state index in [1.165, 1.54) is 16.8 Å². The van der Waals surface area contributed by atoms with Crippen LogP contribution in [-0.2, 0) is 0 Å². The minimum absolute atomic E-state index is 0.274. The lowest BCUT2D eigenvalue weighted by molar-refractivity contribution is 0.211. The number of carbonyl (C=O) groups is 2. The predicted octanol–water partition coefficient (Wildman–Crippen LogP) is 5.08. The number of rotatable bonds is 5. The molecule has 1 heterocycles. The number of para-hydroxylation sites is 2. The van der Waals surface area contributed by atoms with Crippen LogP contribution in [0.2, 0.25) is 0 Å². The number of benzene rings is 3. The average Bonchev–Trinajstić information content (AvgIpc) is 3.28. The minimum Gasteiger partial charge on any atom is -0.493 e. The number of hydrazone groups is 1. The first kappa shape index (κ1) is 23.0. The highest BCUT2D eigenvalue weighted by molar-refractivity contribution is 8.14. The molecule has 0 spiro atoms. The fraction of sp³-hybridized carbons (Fsp3) is 0.125. The van der Waals surface area contributed by atoms with E-state index in [9.17, 15) is 9.59 Å². The van der Waals surface area contributed by atoms with Gasteiger partial charge in [-0.2, -0.15) is 5.01 Å². The SMILES string of the molecule is COc1ccc([C@H]2SC(NC(=O)Nc3ccccc3)=NN2C(=O)Nc2ccccc2)cc1OC. The first-order valence-electron chi connectivity index (χ1n) is 10.3. The van der Waals surface area contributed by atoms with Crippen LogP contribution in [0.3, 0.4) is 0 Å². The van der Waals surface area contributed by atoms with Crippen LogP contribution in [-0.4, -0.2) is 36.5 Å². The van der Waals surface area contributed by atoms with Crippen molar-refractivity contribution in [1.29, 1.82) is 0 Å². The molecule has 0 aliphatic carbocycles. The molecule has 1 atom stereocenters. The standard InChI is InChI=1S/C24H23N5O4S/c1-32-19-14-13-16(15-20(19)33-2)21-29(24(31)26-18-11-7-4-8-12-18)28-23(34-21)27-22(30)25-17-9-5-3-6-10-17/h3-15,21H,1-2H3,(H,26,31)(H2,25,27,28,30)/t21-/m1/s1. The van der Waals surface area contributed by atoms with Gasteiger partial charge in [0.2, 0.25) is 0 Å². The maximum atomic E-state index is 13.1. The highest BCUT2D eigenvalue weighted by Crippen LogP contribution is 2.41. The summed E-state index contributed by atoms with van der Waals surface area (Å²) >= 11 is 1.23. The molecule has 0 saturated carbocycles. The summed E-state index contributed by atoms with van der Waals surface area (Å²) in [6.07, 6.45) is 0. The van der Waals surface area contributed by atoms with E-state index < -0.39 is 17.4 Å². The molecule has 1 aliphatic heterocycles. The van der Waals surface area contributed by atoms with Gasteiger partial charge in [-0.15, -0.1) is 5.10 Å². The van der Waals surface area contributed by atoms with Gasteiger partial charge in [0.25, 0.3) is 0 Å². The molecule has 3 aromatic rings. The molecule has 174 valence electrons. The van der Waals surface area contributed by atoms with Gasteiger partial charge in [-0.25, -0.2) is 9.59 Å². The number of urea groups is 2. The summed E-state index contributed by atoms with van der Waals surface area (Å²) < 4.78 is 10.7. The zero-order valence-corrected chi connectivity index (χ0v) is 19.3. The maximum absolute atomic E-state index is 13.1. The summed E-state index contributed by atoms with van der Waals surface area (Å²) in [6.45, 7) is 0. The number of thioether (sulfide) groups is 1. The second-order valence-electron chi connectivity index (χ2n) is 7.08. The van der Waals surface area contributed by atoms with Crippen LogP contribution in [0.5, 0.6) is 11.5 Å². The molecule has 0 fully saturated rings. The normalized spacial score (nSPS) is 14.7. The molecule has 1 aliphatic rings. The Morgan fingerprint density at radius 1 is 0.824 bits per heavy atom. The van der Waals surface area contributed by atoms with E-state index in [2.05, 4.69) is 21.1 Å². The first-order chi connectivity index (χ1) is 16.6. The summed E-state index contributed by atoms with van der Waals surface area (Å²) in [5.41, 5.74) is 2.01. The number of hydrogen-bond donors (Lipinski definition) is 3. The maximum Gasteiger partial charge on any atom is 0.343 e. The fourth-order valence-corrected chi connectivity index (χ4v) is 4.26. The number of nitrogens with one attached hydrogen (secondary N) is 3. The third-order valence-corrected chi connectivity index (χ3v) is 5.92. The van der Waals surface area contributed by atoms with Gasteiger partial charge in [0, 0.05) is 11.4 Å². The van der Waals surface area contributed by atoms with Gasteiger partial charge in [-0.1, -0.05) is 54.2 Å². The predicted molar refractivity (Wildman–Crippen MR) is 133 cm³/mol. The molecule has 0 unspecified atom stereocenters. The van der Waals surface area contributed by atoms with Crippen molar-refractivity contribution >= 4 is 40.4 Å². The van der Waals surface area contributed by atoms with Gasteiger partial charge in [-0.05, 0) is 42.0 Å². The highest BCUT2D eigenvalue weighted by Gasteiger charge is 2.35. The summed E-state index contributed by atoms with van der Waals surface area (Å²) in [5.74, 6) is 1.09. The molecule has 34 heavy (non-hydrogen) atoms. The van der Waals surface area contributed by atoms with Gasteiger partial charge in [0.15, 0.2) is 16.7 Å². The number of carbonyl (C=O) groups excluding carboxylic acids is 2. The Bertz CT molecular complexity index is 1190. The van der Waals surface area contributed by atoms with Gasteiger partial charge in [0.05, 0.1) is 14.2 Å². The number of anilines is 2. The number of amidine groups is 1. The molecule has 0 radical (unpaired) electrons. The molecule has 9 nitrogen and oxygen atoms in total. The van der Waals surface area contributed by atoms with E-state index in [0.717, 1.165) is 5.56 Å². The number of hydrogen-bond acceptors (Lipinski definition) is 6. The topological polar surface area (TPSA) is 104 Å². The molecule has 4 amide bonds. The van der Waals surface area contributed by atoms with Crippen molar-refractivity contribution in [3.05, 3.63) is 84.4 Å². The molecule has 0 bridgehead atoms. The Morgan fingerprint density at radius 3 is 2.06 bits per heavy atom. The monoisotopic (exact) mass is 477 g/mol. The lowest BCUT2D eigenvalue weighted by Crippen LogP contribution is -2.32. The van der Waals surface area contributed by atoms with E-state index in [0.29, 0.717) is 22.9 Å². The Labute approximate surface area is 201 Å². The number of ether oxygens (including phenoxy) is 2. The van der Waals surface area contributed by atoms with Crippen LogP contribution in [0.1, 0.15) is 10.9 Å². The lowest BCUT2D eigenvalue weighted by Gasteiger charge is -2.22. The Kier molecular flexibility index (Phi) is 7.19. The second-order valence-corrected chi connectivity index (χ2v) is 8.14. The van der Waals surface area contributed by atoms with Crippen molar-refractivity contribution in [1.82, 2.24) is 10.3 Å². The van der Waals surface area contributed by atoms with Crippen molar-refractivity contribution in [2.75, 3.05) is 24.9 Å². The smallest absolute Gasteiger partial charge is 0.343 e. The molecular formula is C24H23N5O4S. The van der Waals surface area contributed by atoms with Crippen LogP contribution < -0.4 is 25.4 Å². The number of nitrogens with zero attached hydrogens (tertiary/aromatic N) is 2. The summed E-state index contributed by atoms with van der Waals surface area (Å²) in [7, 11) is 3.10. The number of amides is 4. The van der Waals surface area contributed by atoms with Crippen molar-refractivity contribution in [2.24, 2.45) is 5.10 Å². The molecule has 10 heteroatoms. The average molecular weight is 478 g/mol. The number of methoxy groups -OCH3 is 2. The molecular weight excluding hydrogens is 454 g/mol. The second kappa shape index (κ2) is 10.6. The third-order valence-electron chi connectivity index (χ3n) is 4.82. The summed E-state index contributed by atoms with van der Waals surface area (Å²) in [6, 6.07) is 22.6. The fourth-order valence-electron chi connectivity index (χ4n) is 3.23. The van der Waals surface area contributed by atoms with Crippen LogP contribution in [0.25, 0.3) is 0 Å². The van der Waals surface area contributed by atoms with E-state index in [4.69, 9.17) is 9.47 Å². The third kappa shape index (κ3) is 5.41. The quantitative estimate of drug-likeness (QED) is 0.476. The zero-order chi connectivity index (χ0) is 23.9. The van der Waals surface area contributed by atoms with Crippen molar-refractivity contribution in [3.63, 3.8) is 0 Å². The molecule has 3 N–H and O–H groups in total. The van der Waals surface area contributed by atoms with Crippen molar-refractivity contribution in [3.8, 4) is 11.5 Å². The highest BCUT2D eigenvalue weighted by atomic mass is 32.2. The largest absolute Gasteiger partial charge is 0.493 e. The zero-order valence-electron chi connectivity index (χ0n) is 18.5. The van der Waals surface area contributed by atoms with E-state index >= 15 is 0 Å². The van der Waals surface area contributed by atoms with Gasteiger partial charge >= 0.3 is 12.1 Å².